The molecule has 2 aromatic carbocycles. The third kappa shape index (κ3) is 3.12. The molecule has 1 aromatic heterocycles. The SMILES string of the molecule is CNS(=O)(=O)c1cc(C(=O)Nc2nc3ccccc3[nH]2)ccc1Cl. The highest BCUT2D eigenvalue weighted by molar-refractivity contribution is 7.89. The molecular weight excluding hydrogens is 352 g/mol. The number of imidazole rings is 1. The molecule has 124 valence electrons. The lowest BCUT2D eigenvalue weighted by atomic mass is 10.2. The average molecular weight is 365 g/mol. The second-order valence-corrected chi connectivity index (χ2v) is 7.17. The van der Waals surface area contributed by atoms with Gasteiger partial charge in [0.1, 0.15) is 4.90 Å². The van der Waals surface area contributed by atoms with Crippen molar-refractivity contribution in [3.05, 3.63) is 53.1 Å². The number of nitrogens with zero attached hydrogens (tertiary/aromatic N) is 1. The molecule has 24 heavy (non-hydrogen) atoms. The maximum atomic E-state index is 12.3. The summed E-state index contributed by atoms with van der Waals surface area (Å²) in [5, 5.41) is 2.63. The maximum Gasteiger partial charge on any atom is 0.258 e. The van der Waals surface area contributed by atoms with Crippen LogP contribution in [0.4, 0.5) is 5.95 Å². The summed E-state index contributed by atoms with van der Waals surface area (Å²) < 4.78 is 26.0. The topological polar surface area (TPSA) is 104 Å². The van der Waals surface area contributed by atoms with Crippen LogP contribution in [0.15, 0.2) is 47.4 Å². The zero-order valence-corrected chi connectivity index (χ0v) is 14.1. The van der Waals surface area contributed by atoms with E-state index in [1.807, 2.05) is 18.2 Å². The van der Waals surface area contributed by atoms with E-state index in [4.69, 9.17) is 11.6 Å². The molecule has 0 spiro atoms. The number of para-hydroxylation sites is 2. The Kier molecular flexibility index (Phi) is 4.27. The van der Waals surface area contributed by atoms with E-state index in [0.717, 1.165) is 5.52 Å². The van der Waals surface area contributed by atoms with Gasteiger partial charge >= 0.3 is 0 Å². The van der Waals surface area contributed by atoms with Crippen molar-refractivity contribution in [1.82, 2.24) is 14.7 Å². The Labute approximate surface area is 143 Å². The molecule has 7 nitrogen and oxygen atoms in total. The zero-order chi connectivity index (χ0) is 17.3. The number of aromatic amines is 1. The first-order chi connectivity index (χ1) is 11.4. The van der Waals surface area contributed by atoms with Crippen molar-refractivity contribution in [2.45, 2.75) is 4.90 Å². The summed E-state index contributed by atoms with van der Waals surface area (Å²) in [6.45, 7) is 0. The number of halogens is 1. The predicted molar refractivity (Wildman–Crippen MR) is 91.7 cm³/mol. The van der Waals surface area contributed by atoms with Crippen LogP contribution in [0.1, 0.15) is 10.4 Å². The van der Waals surface area contributed by atoms with Crippen molar-refractivity contribution < 1.29 is 13.2 Å². The summed E-state index contributed by atoms with van der Waals surface area (Å²) in [4.78, 5) is 19.4. The van der Waals surface area contributed by atoms with Crippen molar-refractivity contribution >= 4 is 44.5 Å². The minimum atomic E-state index is -3.76. The lowest BCUT2D eigenvalue weighted by Gasteiger charge is -2.07. The standard InChI is InChI=1S/C15H13ClN4O3S/c1-17-24(22,23)13-8-9(6-7-10(13)16)14(21)20-15-18-11-4-2-3-5-12(11)19-15/h2-8,17H,1H3,(H2,18,19,20,21). The molecule has 0 bridgehead atoms. The van der Waals surface area contributed by atoms with Gasteiger partial charge in [-0.1, -0.05) is 23.7 Å². The molecule has 3 N–H and O–H groups in total. The average Bonchev–Trinajstić information content (AvgIpc) is 2.97. The highest BCUT2D eigenvalue weighted by Gasteiger charge is 2.19. The molecule has 1 amide bonds. The van der Waals surface area contributed by atoms with Crippen LogP contribution >= 0.6 is 11.6 Å². The fraction of sp³-hybridized carbons (Fsp3) is 0.0667. The third-order valence-electron chi connectivity index (χ3n) is 3.37. The van der Waals surface area contributed by atoms with Crippen molar-refractivity contribution in [2.24, 2.45) is 0 Å². The van der Waals surface area contributed by atoms with Gasteiger partial charge in [0.05, 0.1) is 16.1 Å². The van der Waals surface area contributed by atoms with E-state index >= 15 is 0 Å². The van der Waals surface area contributed by atoms with E-state index in [9.17, 15) is 13.2 Å². The van der Waals surface area contributed by atoms with Gasteiger partial charge in [0.15, 0.2) is 0 Å². The number of fused-ring (bicyclic) bond motifs is 1. The van der Waals surface area contributed by atoms with E-state index in [-0.39, 0.29) is 21.4 Å². The minimum Gasteiger partial charge on any atom is -0.324 e. The fourth-order valence-corrected chi connectivity index (χ4v) is 3.40. The molecule has 0 radical (unpaired) electrons. The highest BCUT2D eigenvalue weighted by atomic mass is 35.5. The molecule has 0 aliphatic rings. The van der Waals surface area contributed by atoms with Gasteiger partial charge in [-0.25, -0.2) is 18.1 Å². The van der Waals surface area contributed by atoms with E-state index in [2.05, 4.69) is 20.0 Å². The molecule has 3 aromatic rings. The lowest BCUT2D eigenvalue weighted by molar-refractivity contribution is 0.102. The molecule has 1 heterocycles. The quantitative estimate of drug-likeness (QED) is 0.661. The van der Waals surface area contributed by atoms with Crippen LogP contribution in [0.25, 0.3) is 11.0 Å². The Hall–Kier alpha value is -2.42. The first-order valence-electron chi connectivity index (χ1n) is 6.90. The second-order valence-electron chi connectivity index (χ2n) is 4.91. The van der Waals surface area contributed by atoms with Crippen LogP contribution in [-0.4, -0.2) is 31.3 Å². The van der Waals surface area contributed by atoms with Crippen molar-refractivity contribution in [3.63, 3.8) is 0 Å². The van der Waals surface area contributed by atoms with Gasteiger partial charge in [0, 0.05) is 5.56 Å². The Morgan fingerprint density at radius 3 is 2.67 bits per heavy atom. The van der Waals surface area contributed by atoms with E-state index in [1.165, 1.54) is 25.2 Å². The number of anilines is 1. The van der Waals surface area contributed by atoms with Gasteiger partial charge in [-0.3, -0.25) is 10.1 Å². The van der Waals surface area contributed by atoms with Crippen LogP contribution in [-0.2, 0) is 10.0 Å². The van der Waals surface area contributed by atoms with Crippen LogP contribution in [0.3, 0.4) is 0 Å². The Morgan fingerprint density at radius 2 is 1.96 bits per heavy atom. The van der Waals surface area contributed by atoms with Crippen molar-refractivity contribution in [2.75, 3.05) is 12.4 Å². The molecule has 0 saturated carbocycles. The number of benzene rings is 2. The number of H-pyrrole nitrogens is 1. The molecule has 0 fully saturated rings. The first-order valence-corrected chi connectivity index (χ1v) is 8.76. The number of aromatic nitrogens is 2. The number of hydrogen-bond acceptors (Lipinski definition) is 4. The molecular formula is C15H13ClN4O3S. The van der Waals surface area contributed by atoms with Gasteiger partial charge in [0.25, 0.3) is 5.91 Å². The zero-order valence-electron chi connectivity index (χ0n) is 12.5. The molecule has 3 rings (SSSR count). The lowest BCUT2D eigenvalue weighted by Crippen LogP contribution is -2.20. The molecule has 0 aliphatic carbocycles. The maximum absolute atomic E-state index is 12.3. The number of nitrogens with one attached hydrogen (secondary N) is 3. The summed E-state index contributed by atoms with van der Waals surface area (Å²) in [5.41, 5.74) is 1.64. The number of rotatable bonds is 4. The van der Waals surface area contributed by atoms with Crippen LogP contribution in [0.5, 0.6) is 0 Å². The molecule has 0 unspecified atom stereocenters. The third-order valence-corrected chi connectivity index (χ3v) is 5.27. The Balaban J connectivity index is 1.91. The summed E-state index contributed by atoms with van der Waals surface area (Å²) >= 11 is 5.91. The van der Waals surface area contributed by atoms with E-state index in [0.29, 0.717) is 5.52 Å². The first kappa shape index (κ1) is 16.4. The van der Waals surface area contributed by atoms with Crippen LogP contribution < -0.4 is 10.0 Å². The Morgan fingerprint density at radius 1 is 1.21 bits per heavy atom. The highest BCUT2D eigenvalue weighted by Crippen LogP contribution is 2.23. The normalized spacial score (nSPS) is 11.6. The number of sulfonamides is 1. The largest absolute Gasteiger partial charge is 0.324 e. The second kappa shape index (κ2) is 6.23. The fourth-order valence-electron chi connectivity index (χ4n) is 2.15. The molecule has 9 heteroatoms. The summed E-state index contributed by atoms with van der Waals surface area (Å²) in [6.07, 6.45) is 0. The van der Waals surface area contributed by atoms with Crippen molar-refractivity contribution in [3.8, 4) is 0 Å². The predicted octanol–water partition coefficient (Wildman–Crippen LogP) is 2.38. The number of amides is 1. The van der Waals surface area contributed by atoms with Gasteiger partial charge in [-0.05, 0) is 37.4 Å². The van der Waals surface area contributed by atoms with Crippen molar-refractivity contribution in [1.29, 1.82) is 0 Å². The van der Waals surface area contributed by atoms with Gasteiger partial charge in [-0.15, -0.1) is 0 Å². The monoisotopic (exact) mass is 364 g/mol. The summed E-state index contributed by atoms with van der Waals surface area (Å²) in [6, 6.07) is 11.3. The minimum absolute atomic E-state index is 0.0321. The van der Waals surface area contributed by atoms with Gasteiger partial charge in [0.2, 0.25) is 16.0 Å². The van der Waals surface area contributed by atoms with Gasteiger partial charge < -0.3 is 4.98 Å². The molecule has 0 aliphatic heterocycles. The molecule has 0 atom stereocenters. The number of carbonyl (C=O) groups is 1. The van der Waals surface area contributed by atoms with E-state index in [1.54, 1.807) is 6.07 Å². The van der Waals surface area contributed by atoms with Crippen LogP contribution in [0.2, 0.25) is 5.02 Å². The molecule has 0 saturated heterocycles. The smallest absolute Gasteiger partial charge is 0.258 e. The summed E-state index contributed by atoms with van der Waals surface area (Å²) in [7, 11) is -2.49. The van der Waals surface area contributed by atoms with Crippen LogP contribution in [0, 0.1) is 0 Å². The number of hydrogen-bond donors (Lipinski definition) is 3. The van der Waals surface area contributed by atoms with Gasteiger partial charge in [-0.2, -0.15) is 0 Å². The van der Waals surface area contributed by atoms with E-state index < -0.39 is 15.9 Å². The summed E-state index contributed by atoms with van der Waals surface area (Å²) in [5.74, 6) is -0.229. The number of carbonyl (C=O) groups excluding carboxylic acids is 1. The Bertz CT molecular complexity index is 997.